The molecule has 1 atom stereocenters. The molecule has 0 saturated carbocycles. The maximum Gasteiger partial charge on any atom is 0.310 e. The normalized spacial score (nSPS) is 18.7. The van der Waals surface area contributed by atoms with Crippen LogP contribution in [0.5, 0.6) is 0 Å². The minimum atomic E-state index is -1.10. The average Bonchev–Trinajstić information content (AvgIpc) is 2.09. The molecule has 0 saturated heterocycles. The van der Waals surface area contributed by atoms with E-state index in [0.717, 1.165) is 6.08 Å². The maximum atomic E-state index is 11.5. The average molecular weight is 194 g/mol. The predicted octanol–water partition coefficient (Wildman–Crippen LogP) is 0.732. The molecule has 1 aliphatic rings. The molecule has 0 aliphatic heterocycles. The number of Topliss-reactive ketones (excluding diaryl/α,β-unsaturated/α-hetero) is 1. The Balaban J connectivity index is 3.06. The van der Waals surface area contributed by atoms with Crippen LogP contribution in [0.25, 0.3) is 0 Å². The second-order valence-electron chi connectivity index (χ2n) is 3.22. The first-order valence-corrected chi connectivity index (χ1v) is 4.15. The SMILES string of the molecule is CC1=CC(=O)C=C([C@H](C)C(=O)O)C1=O. The van der Waals surface area contributed by atoms with E-state index < -0.39 is 11.9 Å². The summed E-state index contributed by atoms with van der Waals surface area (Å²) in [5.41, 5.74) is 0.350. The van der Waals surface area contributed by atoms with E-state index in [-0.39, 0.29) is 17.1 Å². The van der Waals surface area contributed by atoms with E-state index in [2.05, 4.69) is 0 Å². The molecule has 0 spiro atoms. The Hall–Kier alpha value is -1.71. The Kier molecular flexibility index (Phi) is 2.65. The fourth-order valence-corrected chi connectivity index (χ4v) is 1.22. The third kappa shape index (κ3) is 1.79. The lowest BCUT2D eigenvalue weighted by Gasteiger charge is -2.13. The fraction of sp³-hybridized carbons (Fsp3) is 0.300. The Bertz CT molecular complexity index is 374. The summed E-state index contributed by atoms with van der Waals surface area (Å²) in [5, 5.41) is 8.70. The van der Waals surface area contributed by atoms with Crippen LogP contribution in [0.1, 0.15) is 13.8 Å². The molecule has 1 rings (SSSR count). The number of carboxylic acids is 1. The van der Waals surface area contributed by atoms with Crippen molar-refractivity contribution in [3.63, 3.8) is 0 Å². The molecule has 0 aromatic rings. The highest BCUT2D eigenvalue weighted by Gasteiger charge is 2.27. The van der Waals surface area contributed by atoms with Crippen molar-refractivity contribution in [1.82, 2.24) is 0 Å². The van der Waals surface area contributed by atoms with Gasteiger partial charge in [0.15, 0.2) is 11.6 Å². The van der Waals surface area contributed by atoms with Gasteiger partial charge in [0, 0.05) is 11.1 Å². The number of carboxylic acid groups (broad SMARTS) is 1. The molecule has 0 radical (unpaired) electrons. The molecule has 1 aliphatic carbocycles. The summed E-state index contributed by atoms with van der Waals surface area (Å²) in [4.78, 5) is 33.2. The van der Waals surface area contributed by atoms with E-state index in [1.54, 1.807) is 0 Å². The standard InChI is InChI=1S/C10H10O4/c1-5-3-7(11)4-8(9(5)12)6(2)10(13)14/h3-4,6H,1-2H3,(H,13,14)/t6-/m0/s1. The van der Waals surface area contributed by atoms with Crippen molar-refractivity contribution >= 4 is 17.5 Å². The van der Waals surface area contributed by atoms with Crippen LogP contribution in [0.2, 0.25) is 0 Å². The summed E-state index contributed by atoms with van der Waals surface area (Å²) in [7, 11) is 0. The van der Waals surface area contributed by atoms with Crippen LogP contribution in [0, 0.1) is 5.92 Å². The lowest BCUT2D eigenvalue weighted by atomic mass is 9.88. The van der Waals surface area contributed by atoms with Gasteiger partial charge in [-0.15, -0.1) is 0 Å². The zero-order chi connectivity index (χ0) is 10.9. The minimum absolute atomic E-state index is 0.0579. The number of rotatable bonds is 2. The quantitative estimate of drug-likeness (QED) is 0.658. The zero-order valence-electron chi connectivity index (χ0n) is 7.90. The topological polar surface area (TPSA) is 71.4 Å². The van der Waals surface area contributed by atoms with Crippen molar-refractivity contribution in [2.75, 3.05) is 0 Å². The first-order chi connectivity index (χ1) is 6.43. The highest BCUT2D eigenvalue weighted by atomic mass is 16.4. The number of carbonyl (C=O) groups is 3. The van der Waals surface area contributed by atoms with E-state index in [0.29, 0.717) is 5.57 Å². The number of hydrogen-bond donors (Lipinski definition) is 1. The van der Waals surface area contributed by atoms with E-state index in [9.17, 15) is 14.4 Å². The minimum Gasteiger partial charge on any atom is -0.481 e. The predicted molar refractivity (Wildman–Crippen MR) is 48.7 cm³/mol. The van der Waals surface area contributed by atoms with Crippen LogP contribution in [0.15, 0.2) is 23.3 Å². The second-order valence-corrected chi connectivity index (χ2v) is 3.22. The molecule has 14 heavy (non-hydrogen) atoms. The molecule has 0 heterocycles. The van der Waals surface area contributed by atoms with Gasteiger partial charge in [-0.05, 0) is 26.0 Å². The molecule has 0 unspecified atom stereocenters. The summed E-state index contributed by atoms with van der Waals surface area (Å²) in [5.74, 6) is -2.73. The third-order valence-electron chi connectivity index (χ3n) is 2.11. The van der Waals surface area contributed by atoms with Crippen molar-refractivity contribution in [3.05, 3.63) is 23.3 Å². The van der Waals surface area contributed by atoms with Gasteiger partial charge in [-0.2, -0.15) is 0 Å². The molecule has 0 fully saturated rings. The van der Waals surface area contributed by atoms with Gasteiger partial charge >= 0.3 is 5.97 Å². The number of allylic oxidation sites excluding steroid dienone is 3. The molecule has 0 amide bonds. The van der Waals surface area contributed by atoms with Crippen molar-refractivity contribution < 1.29 is 19.5 Å². The summed E-state index contributed by atoms with van der Waals surface area (Å²) < 4.78 is 0. The molecule has 0 aromatic carbocycles. The summed E-state index contributed by atoms with van der Waals surface area (Å²) in [6, 6.07) is 0. The largest absolute Gasteiger partial charge is 0.481 e. The first-order valence-electron chi connectivity index (χ1n) is 4.15. The zero-order valence-corrected chi connectivity index (χ0v) is 7.90. The van der Waals surface area contributed by atoms with Crippen molar-refractivity contribution in [1.29, 1.82) is 0 Å². The lowest BCUT2D eigenvalue weighted by molar-refractivity contribution is -0.140. The van der Waals surface area contributed by atoms with Gasteiger partial charge in [0.05, 0.1) is 5.92 Å². The smallest absolute Gasteiger partial charge is 0.310 e. The Morgan fingerprint density at radius 2 is 1.93 bits per heavy atom. The van der Waals surface area contributed by atoms with E-state index in [4.69, 9.17) is 5.11 Å². The Morgan fingerprint density at radius 3 is 2.43 bits per heavy atom. The highest BCUT2D eigenvalue weighted by molar-refractivity contribution is 6.21. The first kappa shape index (κ1) is 10.4. The van der Waals surface area contributed by atoms with Crippen LogP contribution in [0.3, 0.4) is 0 Å². The fourth-order valence-electron chi connectivity index (χ4n) is 1.22. The van der Waals surface area contributed by atoms with Crippen LogP contribution in [-0.2, 0) is 14.4 Å². The van der Waals surface area contributed by atoms with Crippen LogP contribution in [0.4, 0.5) is 0 Å². The molecule has 74 valence electrons. The van der Waals surface area contributed by atoms with Crippen molar-refractivity contribution in [2.45, 2.75) is 13.8 Å². The van der Waals surface area contributed by atoms with E-state index in [1.165, 1.54) is 19.9 Å². The number of aliphatic carboxylic acids is 1. The van der Waals surface area contributed by atoms with E-state index >= 15 is 0 Å². The van der Waals surface area contributed by atoms with Crippen molar-refractivity contribution in [2.24, 2.45) is 5.92 Å². The van der Waals surface area contributed by atoms with Gasteiger partial charge < -0.3 is 5.11 Å². The van der Waals surface area contributed by atoms with Gasteiger partial charge in [0.25, 0.3) is 0 Å². The monoisotopic (exact) mass is 194 g/mol. The maximum absolute atomic E-state index is 11.5. The van der Waals surface area contributed by atoms with E-state index in [1.807, 2.05) is 0 Å². The molecular weight excluding hydrogens is 184 g/mol. The molecular formula is C10H10O4. The molecule has 0 aromatic heterocycles. The van der Waals surface area contributed by atoms with Gasteiger partial charge in [-0.25, -0.2) is 0 Å². The number of hydrogen-bond acceptors (Lipinski definition) is 3. The summed E-state index contributed by atoms with van der Waals surface area (Å²) >= 11 is 0. The molecule has 4 heteroatoms. The van der Waals surface area contributed by atoms with Crippen LogP contribution >= 0.6 is 0 Å². The second kappa shape index (κ2) is 3.57. The molecule has 1 N–H and O–H groups in total. The van der Waals surface area contributed by atoms with Gasteiger partial charge in [0.2, 0.25) is 0 Å². The lowest BCUT2D eigenvalue weighted by Crippen LogP contribution is -2.22. The van der Waals surface area contributed by atoms with Gasteiger partial charge in [-0.1, -0.05) is 0 Å². The van der Waals surface area contributed by atoms with Gasteiger partial charge in [0.1, 0.15) is 0 Å². The number of carbonyl (C=O) groups excluding carboxylic acids is 2. The molecule has 4 nitrogen and oxygen atoms in total. The Morgan fingerprint density at radius 1 is 1.36 bits per heavy atom. The van der Waals surface area contributed by atoms with Gasteiger partial charge in [-0.3, -0.25) is 14.4 Å². The summed E-state index contributed by atoms with van der Waals surface area (Å²) in [6.45, 7) is 2.89. The van der Waals surface area contributed by atoms with Crippen molar-refractivity contribution in [3.8, 4) is 0 Å². The highest BCUT2D eigenvalue weighted by Crippen LogP contribution is 2.20. The van der Waals surface area contributed by atoms with Crippen LogP contribution < -0.4 is 0 Å². The number of ketones is 2. The third-order valence-corrected chi connectivity index (χ3v) is 2.11. The van der Waals surface area contributed by atoms with Crippen LogP contribution in [-0.4, -0.2) is 22.6 Å². The Labute approximate surface area is 80.9 Å². The molecule has 0 bridgehead atoms. The summed E-state index contributed by atoms with van der Waals surface area (Å²) in [6.07, 6.45) is 2.30.